The fourth-order valence-electron chi connectivity index (χ4n) is 4.53. The van der Waals surface area contributed by atoms with Gasteiger partial charge < -0.3 is 10.6 Å². The summed E-state index contributed by atoms with van der Waals surface area (Å²) in [4.78, 5) is 24.3. The third kappa shape index (κ3) is 3.74. The Hall–Kier alpha value is -3.64. The molecule has 1 aliphatic carbocycles. The first-order valence-corrected chi connectivity index (χ1v) is 10.8. The lowest BCUT2D eigenvalue weighted by Crippen LogP contribution is -2.26. The number of hydrogen-bond acceptors (Lipinski definition) is 5. The van der Waals surface area contributed by atoms with Gasteiger partial charge in [-0.3, -0.25) is 14.9 Å². The maximum atomic E-state index is 13.5. The number of allylic oxidation sites excluding steroid dienone is 1. The molecule has 0 radical (unpaired) electrons. The van der Waals surface area contributed by atoms with Gasteiger partial charge in [0.15, 0.2) is 5.78 Å². The predicted molar refractivity (Wildman–Crippen MR) is 125 cm³/mol. The van der Waals surface area contributed by atoms with Crippen molar-refractivity contribution < 1.29 is 9.72 Å². The summed E-state index contributed by atoms with van der Waals surface area (Å²) in [6.45, 7) is 0. The lowest BCUT2D eigenvalue weighted by Gasteiger charge is -2.30. The van der Waals surface area contributed by atoms with Crippen LogP contribution in [0.4, 0.5) is 17.1 Å². The normalized spacial score (nSPS) is 19.8. The number of nitrogens with one attached hydrogen (secondary N) is 2. The molecule has 2 aliphatic rings. The molecule has 5 rings (SSSR count). The molecule has 0 aromatic heterocycles. The molecule has 0 saturated carbocycles. The summed E-state index contributed by atoms with van der Waals surface area (Å²) in [5.41, 5.74) is 5.12. The van der Waals surface area contributed by atoms with Gasteiger partial charge in [-0.1, -0.05) is 48.0 Å². The highest BCUT2D eigenvalue weighted by Crippen LogP contribution is 2.44. The van der Waals surface area contributed by atoms with Crippen LogP contribution in [0.1, 0.15) is 35.9 Å². The van der Waals surface area contributed by atoms with Gasteiger partial charge in [-0.15, -0.1) is 0 Å². The van der Waals surface area contributed by atoms with Crippen LogP contribution in [0.2, 0.25) is 5.02 Å². The molecule has 6 nitrogen and oxygen atoms in total. The molecule has 0 amide bonds. The second-order valence-electron chi connectivity index (χ2n) is 8.07. The summed E-state index contributed by atoms with van der Waals surface area (Å²) < 4.78 is 0. The second-order valence-corrected chi connectivity index (χ2v) is 8.51. The lowest BCUT2D eigenvalue weighted by atomic mass is 9.78. The van der Waals surface area contributed by atoms with Crippen LogP contribution < -0.4 is 10.6 Å². The number of ketones is 1. The molecule has 160 valence electrons. The number of Topliss-reactive ketones (excluding diaryl/α,β-unsaturated/α-hetero) is 1. The Bertz CT molecular complexity index is 1250. The van der Waals surface area contributed by atoms with E-state index in [0.29, 0.717) is 23.4 Å². The van der Waals surface area contributed by atoms with Crippen LogP contribution in [0.15, 0.2) is 84.1 Å². The summed E-state index contributed by atoms with van der Waals surface area (Å²) in [5, 5.41) is 18.9. The van der Waals surface area contributed by atoms with Crippen LogP contribution in [0.5, 0.6) is 0 Å². The van der Waals surface area contributed by atoms with Crippen LogP contribution in [0.25, 0.3) is 0 Å². The van der Waals surface area contributed by atoms with E-state index >= 15 is 0 Å². The van der Waals surface area contributed by atoms with Crippen molar-refractivity contribution in [2.45, 2.75) is 24.8 Å². The van der Waals surface area contributed by atoms with Gasteiger partial charge >= 0.3 is 0 Å². The molecule has 1 aliphatic heterocycles. The fourth-order valence-corrected chi connectivity index (χ4v) is 4.65. The fraction of sp³-hybridized carbons (Fsp3) is 0.160. The maximum Gasteiger partial charge on any atom is 0.269 e. The molecule has 0 bridgehead atoms. The summed E-state index contributed by atoms with van der Waals surface area (Å²) in [6, 6.07) is 21.6. The standard InChI is InChI=1S/C25H20ClN3O3/c26-18-10-8-15(9-11-18)25-24-22(27-20-6-1-2-7-21(20)28-25)13-17(14-23(24)30)16-4-3-5-19(12-16)29(31)32/h1-12,17,25,27-28H,13-14H2. The van der Waals surface area contributed by atoms with Crippen LogP contribution in [0.3, 0.4) is 0 Å². The predicted octanol–water partition coefficient (Wildman–Crippen LogP) is 6.23. The highest BCUT2D eigenvalue weighted by Gasteiger charge is 2.36. The number of anilines is 2. The monoisotopic (exact) mass is 445 g/mol. The zero-order valence-corrected chi connectivity index (χ0v) is 17.8. The number of carbonyl (C=O) groups is 1. The van der Waals surface area contributed by atoms with Crippen molar-refractivity contribution in [3.05, 3.63) is 110 Å². The smallest absolute Gasteiger partial charge is 0.269 e. The van der Waals surface area contributed by atoms with E-state index in [1.165, 1.54) is 6.07 Å². The van der Waals surface area contributed by atoms with Crippen molar-refractivity contribution in [1.82, 2.24) is 0 Å². The lowest BCUT2D eigenvalue weighted by molar-refractivity contribution is -0.384. The third-order valence-corrected chi connectivity index (χ3v) is 6.32. The Morgan fingerprint density at radius 3 is 2.41 bits per heavy atom. The van der Waals surface area contributed by atoms with Gasteiger partial charge in [0, 0.05) is 34.8 Å². The number of benzene rings is 3. The van der Waals surface area contributed by atoms with Crippen LogP contribution >= 0.6 is 11.6 Å². The van der Waals surface area contributed by atoms with Gasteiger partial charge in [0.1, 0.15) is 0 Å². The quantitative estimate of drug-likeness (QED) is 0.369. The number of non-ortho nitro benzene ring substituents is 1. The minimum Gasteiger partial charge on any atom is -0.372 e. The van der Waals surface area contributed by atoms with Gasteiger partial charge in [-0.25, -0.2) is 0 Å². The molecule has 3 aromatic rings. The van der Waals surface area contributed by atoms with E-state index in [4.69, 9.17) is 11.6 Å². The SMILES string of the molecule is O=C1CC(c2cccc([N+](=O)[O-])c2)CC2=C1C(c1ccc(Cl)cc1)Nc1ccccc1N2. The highest BCUT2D eigenvalue weighted by molar-refractivity contribution is 6.30. The summed E-state index contributed by atoms with van der Waals surface area (Å²) in [6.07, 6.45) is 0.881. The average Bonchev–Trinajstić information content (AvgIpc) is 2.96. The van der Waals surface area contributed by atoms with Crippen molar-refractivity contribution in [3.63, 3.8) is 0 Å². The number of halogens is 1. The molecule has 3 aromatic carbocycles. The molecule has 7 heteroatoms. The van der Waals surface area contributed by atoms with Gasteiger partial charge in [-0.2, -0.15) is 0 Å². The minimum atomic E-state index is -0.403. The Balaban J connectivity index is 1.59. The molecular formula is C25H20ClN3O3. The van der Waals surface area contributed by atoms with Gasteiger partial charge in [-0.05, 0) is 47.7 Å². The van der Waals surface area contributed by atoms with E-state index in [2.05, 4.69) is 10.6 Å². The molecule has 2 N–H and O–H groups in total. The van der Waals surface area contributed by atoms with Gasteiger partial charge in [0.25, 0.3) is 5.69 Å². The summed E-state index contributed by atoms with van der Waals surface area (Å²) in [7, 11) is 0. The van der Waals surface area contributed by atoms with Crippen LogP contribution in [-0.4, -0.2) is 10.7 Å². The Morgan fingerprint density at radius 1 is 0.906 bits per heavy atom. The highest BCUT2D eigenvalue weighted by atomic mass is 35.5. The number of para-hydroxylation sites is 2. The van der Waals surface area contributed by atoms with Crippen molar-refractivity contribution in [2.24, 2.45) is 0 Å². The van der Waals surface area contributed by atoms with E-state index in [-0.39, 0.29) is 23.4 Å². The molecule has 32 heavy (non-hydrogen) atoms. The number of fused-ring (bicyclic) bond motifs is 1. The third-order valence-electron chi connectivity index (χ3n) is 6.06. The Labute approximate surface area is 190 Å². The van der Waals surface area contributed by atoms with Crippen LogP contribution in [0, 0.1) is 10.1 Å². The minimum absolute atomic E-state index is 0.0236. The van der Waals surface area contributed by atoms with E-state index in [1.807, 2.05) is 54.6 Å². The number of carbonyl (C=O) groups excluding carboxylic acids is 1. The van der Waals surface area contributed by atoms with E-state index < -0.39 is 4.92 Å². The van der Waals surface area contributed by atoms with Crippen molar-refractivity contribution in [2.75, 3.05) is 10.6 Å². The first-order chi connectivity index (χ1) is 15.5. The molecule has 1 heterocycles. The summed E-state index contributed by atoms with van der Waals surface area (Å²) >= 11 is 6.09. The number of nitrogens with zero attached hydrogens (tertiary/aromatic N) is 1. The van der Waals surface area contributed by atoms with Crippen molar-refractivity contribution in [3.8, 4) is 0 Å². The average molecular weight is 446 g/mol. The molecule has 0 saturated heterocycles. The van der Waals surface area contributed by atoms with E-state index in [0.717, 1.165) is 28.2 Å². The molecule has 0 fully saturated rings. The number of nitro groups is 1. The largest absolute Gasteiger partial charge is 0.372 e. The first kappa shape index (κ1) is 20.3. The Morgan fingerprint density at radius 2 is 1.66 bits per heavy atom. The molecule has 2 unspecified atom stereocenters. The van der Waals surface area contributed by atoms with Crippen molar-refractivity contribution >= 4 is 34.4 Å². The van der Waals surface area contributed by atoms with Crippen LogP contribution in [-0.2, 0) is 4.79 Å². The zero-order valence-electron chi connectivity index (χ0n) is 17.0. The Kier molecular flexibility index (Phi) is 5.15. The molecule has 0 spiro atoms. The van der Waals surface area contributed by atoms with Gasteiger partial charge in [0.05, 0.1) is 22.3 Å². The summed E-state index contributed by atoms with van der Waals surface area (Å²) in [5.74, 6) is -0.111. The maximum absolute atomic E-state index is 13.5. The number of hydrogen-bond donors (Lipinski definition) is 2. The van der Waals surface area contributed by atoms with E-state index in [9.17, 15) is 14.9 Å². The zero-order chi connectivity index (χ0) is 22.2. The van der Waals surface area contributed by atoms with Gasteiger partial charge in [0.2, 0.25) is 0 Å². The number of nitro benzene ring substituents is 1. The first-order valence-electron chi connectivity index (χ1n) is 10.4. The molecule has 2 atom stereocenters. The topological polar surface area (TPSA) is 84.3 Å². The van der Waals surface area contributed by atoms with Crippen molar-refractivity contribution in [1.29, 1.82) is 0 Å². The van der Waals surface area contributed by atoms with E-state index in [1.54, 1.807) is 12.1 Å². The molecular weight excluding hydrogens is 426 g/mol. The number of rotatable bonds is 3. The second kappa shape index (κ2) is 8.13.